The smallest absolute Gasteiger partial charge is 0.251 e. The van der Waals surface area contributed by atoms with Gasteiger partial charge in [0.2, 0.25) is 5.75 Å². The molecule has 0 aromatic heterocycles. The third-order valence-electron chi connectivity index (χ3n) is 4.17. The highest BCUT2D eigenvalue weighted by molar-refractivity contribution is 5.94. The van der Waals surface area contributed by atoms with Crippen LogP contribution in [-0.2, 0) is 0 Å². The van der Waals surface area contributed by atoms with Crippen LogP contribution in [0.4, 0.5) is 5.69 Å². The second-order valence-corrected chi connectivity index (χ2v) is 6.13. The van der Waals surface area contributed by atoms with E-state index in [0.29, 0.717) is 28.4 Å². The Bertz CT molecular complexity index is 749. The summed E-state index contributed by atoms with van der Waals surface area (Å²) in [6.45, 7) is 0.0485. The van der Waals surface area contributed by atoms with Gasteiger partial charge in [-0.15, -0.1) is 0 Å². The number of hydrogen-bond acceptors (Lipinski definition) is 6. The number of benzene rings is 2. The maximum atomic E-state index is 12.3. The van der Waals surface area contributed by atoms with Crippen LogP contribution in [0.5, 0.6) is 17.2 Å². The van der Waals surface area contributed by atoms with Crippen molar-refractivity contribution in [2.24, 2.45) is 0 Å². The number of rotatable bonds is 8. The molecule has 1 amide bonds. The lowest BCUT2D eigenvalue weighted by atomic mass is 10.1. The molecule has 146 valence electrons. The molecule has 0 aliphatic carbocycles. The van der Waals surface area contributed by atoms with E-state index in [1.165, 1.54) is 21.3 Å². The summed E-state index contributed by atoms with van der Waals surface area (Å²) in [5.41, 5.74) is 2.08. The van der Waals surface area contributed by atoms with Gasteiger partial charge in [-0.2, -0.15) is 0 Å². The van der Waals surface area contributed by atoms with Gasteiger partial charge in [0, 0.05) is 31.9 Å². The number of aliphatic hydroxyl groups excluding tert-OH is 1. The Morgan fingerprint density at radius 1 is 1.04 bits per heavy atom. The highest BCUT2D eigenvalue weighted by Gasteiger charge is 2.18. The van der Waals surface area contributed by atoms with Crippen molar-refractivity contribution in [3.63, 3.8) is 0 Å². The van der Waals surface area contributed by atoms with Crippen LogP contribution >= 0.6 is 0 Å². The van der Waals surface area contributed by atoms with Gasteiger partial charge in [-0.05, 0) is 42.0 Å². The first-order chi connectivity index (χ1) is 12.9. The van der Waals surface area contributed by atoms with E-state index in [0.717, 1.165) is 5.69 Å². The molecule has 0 radical (unpaired) electrons. The van der Waals surface area contributed by atoms with Crippen molar-refractivity contribution in [1.29, 1.82) is 0 Å². The van der Waals surface area contributed by atoms with E-state index in [4.69, 9.17) is 14.2 Å². The Balaban J connectivity index is 2.08. The number of ether oxygens (including phenoxy) is 3. The molecule has 27 heavy (non-hydrogen) atoms. The molecular weight excluding hydrogens is 348 g/mol. The zero-order valence-corrected chi connectivity index (χ0v) is 16.3. The molecule has 7 heteroatoms. The number of carbonyl (C=O) groups is 1. The molecule has 2 aromatic rings. The Labute approximate surface area is 159 Å². The third-order valence-corrected chi connectivity index (χ3v) is 4.17. The monoisotopic (exact) mass is 374 g/mol. The van der Waals surface area contributed by atoms with Gasteiger partial charge in [0.15, 0.2) is 11.5 Å². The Hall–Kier alpha value is -2.93. The van der Waals surface area contributed by atoms with Gasteiger partial charge in [0.1, 0.15) is 0 Å². The molecule has 2 rings (SSSR count). The molecule has 0 saturated carbocycles. The molecule has 0 heterocycles. The second kappa shape index (κ2) is 9.14. The largest absolute Gasteiger partial charge is 0.493 e. The Morgan fingerprint density at radius 2 is 1.59 bits per heavy atom. The second-order valence-electron chi connectivity index (χ2n) is 6.13. The van der Waals surface area contributed by atoms with Gasteiger partial charge in [0.25, 0.3) is 5.91 Å². The average Bonchev–Trinajstić information content (AvgIpc) is 2.70. The number of anilines is 1. The van der Waals surface area contributed by atoms with Gasteiger partial charge in [-0.3, -0.25) is 4.79 Å². The number of methoxy groups -OCH3 is 3. The molecule has 0 aliphatic rings. The van der Waals surface area contributed by atoms with Crippen molar-refractivity contribution in [2.45, 2.75) is 6.10 Å². The van der Waals surface area contributed by atoms with Crippen LogP contribution in [0.3, 0.4) is 0 Å². The first-order valence-corrected chi connectivity index (χ1v) is 8.44. The Kier molecular flexibility index (Phi) is 6.90. The molecule has 0 aliphatic heterocycles. The predicted molar refractivity (Wildman–Crippen MR) is 104 cm³/mol. The van der Waals surface area contributed by atoms with Crippen LogP contribution in [-0.4, -0.2) is 53.0 Å². The van der Waals surface area contributed by atoms with Crippen LogP contribution < -0.4 is 24.4 Å². The van der Waals surface area contributed by atoms with E-state index in [-0.39, 0.29) is 12.5 Å². The van der Waals surface area contributed by atoms with Gasteiger partial charge in [-0.25, -0.2) is 0 Å². The maximum Gasteiger partial charge on any atom is 0.251 e. The molecule has 2 aromatic carbocycles. The number of nitrogens with zero attached hydrogens (tertiary/aromatic N) is 1. The van der Waals surface area contributed by atoms with Crippen molar-refractivity contribution in [3.05, 3.63) is 47.5 Å². The lowest BCUT2D eigenvalue weighted by molar-refractivity contribution is 0.0916. The fourth-order valence-electron chi connectivity index (χ4n) is 2.61. The SMILES string of the molecule is COc1cc(C(O)CNC(=O)c2ccc(N(C)C)cc2)cc(OC)c1OC. The van der Waals surface area contributed by atoms with E-state index in [1.807, 2.05) is 31.1 Å². The van der Waals surface area contributed by atoms with Crippen LogP contribution in [0.25, 0.3) is 0 Å². The number of aliphatic hydroxyl groups is 1. The number of nitrogens with one attached hydrogen (secondary N) is 1. The number of amides is 1. The van der Waals surface area contributed by atoms with E-state index in [9.17, 15) is 9.90 Å². The van der Waals surface area contributed by atoms with E-state index in [1.54, 1.807) is 24.3 Å². The summed E-state index contributed by atoms with van der Waals surface area (Å²) < 4.78 is 15.8. The summed E-state index contributed by atoms with van der Waals surface area (Å²) in [5, 5.41) is 13.2. The van der Waals surface area contributed by atoms with Gasteiger partial charge in [0.05, 0.1) is 27.4 Å². The average molecular weight is 374 g/mol. The molecule has 0 saturated heterocycles. The number of carbonyl (C=O) groups excluding carboxylic acids is 1. The zero-order chi connectivity index (χ0) is 20.0. The van der Waals surface area contributed by atoms with Gasteiger partial charge < -0.3 is 29.5 Å². The van der Waals surface area contributed by atoms with Crippen molar-refractivity contribution in [3.8, 4) is 17.2 Å². The first kappa shape index (κ1) is 20.4. The minimum absolute atomic E-state index is 0.0485. The summed E-state index contributed by atoms with van der Waals surface area (Å²) in [4.78, 5) is 14.3. The normalized spacial score (nSPS) is 11.5. The maximum absolute atomic E-state index is 12.3. The molecular formula is C20H26N2O5. The summed E-state index contributed by atoms with van der Waals surface area (Å²) in [6, 6.07) is 10.5. The van der Waals surface area contributed by atoms with Crippen LogP contribution in [0, 0.1) is 0 Å². The molecule has 0 spiro atoms. The zero-order valence-electron chi connectivity index (χ0n) is 16.3. The predicted octanol–water partition coefficient (Wildman–Crippen LogP) is 2.24. The van der Waals surface area contributed by atoms with E-state index >= 15 is 0 Å². The summed E-state index contributed by atoms with van der Waals surface area (Å²) in [7, 11) is 8.39. The van der Waals surface area contributed by atoms with Crippen LogP contribution in [0.15, 0.2) is 36.4 Å². The third kappa shape index (κ3) is 4.83. The molecule has 0 fully saturated rings. The fraction of sp³-hybridized carbons (Fsp3) is 0.350. The van der Waals surface area contributed by atoms with Crippen molar-refractivity contribution in [2.75, 3.05) is 46.9 Å². The lowest BCUT2D eigenvalue weighted by Crippen LogP contribution is -2.28. The Morgan fingerprint density at radius 3 is 2.04 bits per heavy atom. The van der Waals surface area contributed by atoms with Gasteiger partial charge >= 0.3 is 0 Å². The van der Waals surface area contributed by atoms with E-state index in [2.05, 4.69) is 5.32 Å². The van der Waals surface area contributed by atoms with Crippen LogP contribution in [0.2, 0.25) is 0 Å². The standard InChI is InChI=1S/C20H26N2O5/c1-22(2)15-8-6-13(7-9-15)20(24)21-12-16(23)14-10-17(25-3)19(27-5)18(11-14)26-4/h6-11,16,23H,12H2,1-5H3,(H,21,24). The molecule has 2 N–H and O–H groups in total. The minimum atomic E-state index is -0.927. The van der Waals surface area contributed by atoms with Crippen molar-refractivity contribution in [1.82, 2.24) is 5.32 Å². The number of hydrogen-bond donors (Lipinski definition) is 2. The van der Waals surface area contributed by atoms with E-state index < -0.39 is 6.10 Å². The van der Waals surface area contributed by atoms with Gasteiger partial charge in [-0.1, -0.05) is 0 Å². The topological polar surface area (TPSA) is 80.3 Å². The highest BCUT2D eigenvalue weighted by atomic mass is 16.5. The van der Waals surface area contributed by atoms with Crippen LogP contribution in [0.1, 0.15) is 22.0 Å². The fourth-order valence-corrected chi connectivity index (χ4v) is 2.61. The van der Waals surface area contributed by atoms with Crippen molar-refractivity contribution < 1.29 is 24.1 Å². The summed E-state index contributed by atoms with van der Waals surface area (Å²) in [5.74, 6) is 1.07. The summed E-state index contributed by atoms with van der Waals surface area (Å²) >= 11 is 0. The molecule has 1 unspecified atom stereocenters. The van der Waals surface area contributed by atoms with Crippen molar-refractivity contribution >= 4 is 11.6 Å². The molecule has 7 nitrogen and oxygen atoms in total. The highest BCUT2D eigenvalue weighted by Crippen LogP contribution is 2.39. The lowest BCUT2D eigenvalue weighted by Gasteiger charge is -2.17. The molecule has 1 atom stereocenters. The molecule has 0 bridgehead atoms. The summed E-state index contributed by atoms with van der Waals surface area (Å²) in [6.07, 6.45) is -0.927. The minimum Gasteiger partial charge on any atom is -0.493 e. The first-order valence-electron chi connectivity index (χ1n) is 8.44. The quantitative estimate of drug-likeness (QED) is 0.738.